The van der Waals surface area contributed by atoms with Crippen LogP contribution in [0.4, 0.5) is 10.5 Å². The Labute approximate surface area is 163 Å². The number of nitrogens with one attached hydrogen (secondary N) is 1. The Hall–Kier alpha value is -2.97. The second-order valence-corrected chi connectivity index (χ2v) is 6.68. The molecule has 9 nitrogen and oxygen atoms in total. The summed E-state index contributed by atoms with van der Waals surface area (Å²) in [6, 6.07) is 3.51. The van der Waals surface area contributed by atoms with E-state index in [0.717, 1.165) is 30.2 Å². The average molecular weight is 390 g/mol. The van der Waals surface area contributed by atoms with Crippen LogP contribution in [0, 0.1) is 10.1 Å². The van der Waals surface area contributed by atoms with E-state index in [-0.39, 0.29) is 29.4 Å². The summed E-state index contributed by atoms with van der Waals surface area (Å²) >= 11 is 0. The number of rotatable bonds is 10. The monoisotopic (exact) mass is 390 g/mol. The first-order valence-electron chi connectivity index (χ1n) is 9.58. The number of benzene rings is 1. The van der Waals surface area contributed by atoms with Crippen LogP contribution >= 0.6 is 0 Å². The molecule has 9 heteroatoms. The molecule has 0 aliphatic carbocycles. The van der Waals surface area contributed by atoms with Crippen LogP contribution < -0.4 is 5.32 Å². The molecular formula is C19H26N4O5. The van der Waals surface area contributed by atoms with Crippen molar-refractivity contribution >= 4 is 23.5 Å². The first-order valence-corrected chi connectivity index (χ1v) is 9.58. The molecule has 1 aromatic carbocycles. The molecule has 0 fully saturated rings. The van der Waals surface area contributed by atoms with Crippen LogP contribution in [0.5, 0.6) is 0 Å². The number of hydrogen-bond acceptors (Lipinski definition) is 5. The van der Waals surface area contributed by atoms with Gasteiger partial charge < -0.3 is 10.2 Å². The molecule has 1 aromatic rings. The lowest BCUT2D eigenvalue weighted by Gasteiger charge is -2.22. The molecule has 0 atom stereocenters. The normalized spacial score (nSPS) is 12.9. The van der Waals surface area contributed by atoms with E-state index in [2.05, 4.69) is 12.2 Å². The summed E-state index contributed by atoms with van der Waals surface area (Å²) in [5, 5.41) is 13.7. The quantitative estimate of drug-likeness (QED) is 0.286. The van der Waals surface area contributed by atoms with Gasteiger partial charge >= 0.3 is 6.03 Å². The van der Waals surface area contributed by atoms with Gasteiger partial charge in [-0.05, 0) is 25.3 Å². The molecule has 0 radical (unpaired) electrons. The Morgan fingerprint density at radius 2 is 1.82 bits per heavy atom. The Bertz CT molecular complexity index is 765. The van der Waals surface area contributed by atoms with Crippen molar-refractivity contribution in [2.24, 2.45) is 0 Å². The minimum absolute atomic E-state index is 0.0527. The third-order valence-electron chi connectivity index (χ3n) is 4.56. The zero-order valence-corrected chi connectivity index (χ0v) is 16.3. The van der Waals surface area contributed by atoms with Crippen LogP contribution in [-0.4, -0.2) is 58.7 Å². The molecule has 152 valence electrons. The fraction of sp³-hybridized carbons (Fsp3) is 0.526. The number of nitro groups is 1. The van der Waals surface area contributed by atoms with Gasteiger partial charge in [0.15, 0.2) is 0 Å². The van der Waals surface area contributed by atoms with Crippen molar-refractivity contribution in [2.45, 2.75) is 39.5 Å². The lowest BCUT2D eigenvalue weighted by atomic mass is 10.1. The van der Waals surface area contributed by atoms with Crippen LogP contribution in [0.2, 0.25) is 0 Å². The van der Waals surface area contributed by atoms with Gasteiger partial charge in [0.05, 0.1) is 16.1 Å². The number of nitro benzene ring substituents is 1. The first-order chi connectivity index (χ1) is 13.4. The summed E-state index contributed by atoms with van der Waals surface area (Å²) in [6.45, 7) is 5.94. The Balaban J connectivity index is 1.88. The average Bonchev–Trinajstić information content (AvgIpc) is 2.92. The summed E-state index contributed by atoms with van der Waals surface area (Å²) in [5.74, 6) is -0.998. The second kappa shape index (κ2) is 9.82. The molecule has 28 heavy (non-hydrogen) atoms. The Kier molecular flexibility index (Phi) is 7.48. The molecule has 0 saturated heterocycles. The maximum atomic E-state index is 12.4. The van der Waals surface area contributed by atoms with Crippen molar-refractivity contribution < 1.29 is 19.3 Å². The Morgan fingerprint density at radius 1 is 1.11 bits per heavy atom. The number of nitrogens with zero attached hydrogens (tertiary/aromatic N) is 3. The fourth-order valence-electron chi connectivity index (χ4n) is 3.07. The van der Waals surface area contributed by atoms with E-state index in [9.17, 15) is 24.5 Å². The van der Waals surface area contributed by atoms with Crippen LogP contribution in [0.15, 0.2) is 18.2 Å². The number of unbranched alkanes of at least 4 members (excludes halogenated alkanes) is 1. The predicted molar refractivity (Wildman–Crippen MR) is 103 cm³/mol. The van der Waals surface area contributed by atoms with E-state index >= 15 is 0 Å². The SMILES string of the molecule is CCCCN(CCC)C(=O)NCCCN1C(=O)c2ccc([N+](=O)[O-])cc2C1=O. The molecule has 0 spiro atoms. The number of amides is 4. The summed E-state index contributed by atoms with van der Waals surface area (Å²) < 4.78 is 0. The van der Waals surface area contributed by atoms with Crippen molar-refractivity contribution in [1.29, 1.82) is 0 Å². The molecule has 4 amide bonds. The van der Waals surface area contributed by atoms with Gasteiger partial charge in [0, 0.05) is 38.3 Å². The predicted octanol–water partition coefficient (Wildman–Crippen LogP) is 2.80. The van der Waals surface area contributed by atoms with Crippen molar-refractivity contribution in [3.8, 4) is 0 Å². The number of carbonyl (C=O) groups excluding carboxylic acids is 3. The zero-order chi connectivity index (χ0) is 20.7. The van der Waals surface area contributed by atoms with E-state index in [1.165, 1.54) is 12.1 Å². The molecule has 0 aromatic heterocycles. The van der Waals surface area contributed by atoms with Crippen molar-refractivity contribution in [1.82, 2.24) is 15.1 Å². The standard InChI is InChI=1S/C19H26N4O5/c1-3-5-11-21(10-4-2)19(26)20-9-6-12-22-17(24)15-8-7-14(23(27)28)13-16(15)18(22)25/h7-8,13H,3-6,9-12H2,1-2H3,(H,20,26). The molecule has 1 aliphatic rings. The molecular weight excluding hydrogens is 364 g/mol. The van der Waals surface area contributed by atoms with Crippen LogP contribution in [-0.2, 0) is 0 Å². The van der Waals surface area contributed by atoms with Gasteiger partial charge in [-0.3, -0.25) is 24.6 Å². The van der Waals surface area contributed by atoms with Gasteiger partial charge in [0.2, 0.25) is 0 Å². The van der Waals surface area contributed by atoms with Gasteiger partial charge in [-0.25, -0.2) is 4.79 Å². The summed E-state index contributed by atoms with van der Waals surface area (Å²) in [6.07, 6.45) is 3.23. The van der Waals surface area contributed by atoms with Gasteiger partial charge in [-0.15, -0.1) is 0 Å². The topological polar surface area (TPSA) is 113 Å². The lowest BCUT2D eigenvalue weighted by Crippen LogP contribution is -2.42. The summed E-state index contributed by atoms with van der Waals surface area (Å²) in [7, 11) is 0. The molecule has 0 bridgehead atoms. The summed E-state index contributed by atoms with van der Waals surface area (Å²) in [4.78, 5) is 50.1. The molecule has 0 unspecified atom stereocenters. The maximum absolute atomic E-state index is 12.4. The lowest BCUT2D eigenvalue weighted by molar-refractivity contribution is -0.384. The van der Waals surface area contributed by atoms with Crippen molar-refractivity contribution in [2.75, 3.05) is 26.2 Å². The highest BCUT2D eigenvalue weighted by Crippen LogP contribution is 2.26. The Morgan fingerprint density at radius 3 is 2.46 bits per heavy atom. The highest BCUT2D eigenvalue weighted by atomic mass is 16.6. The first kappa shape index (κ1) is 21.3. The van der Waals surface area contributed by atoms with Crippen LogP contribution in [0.25, 0.3) is 0 Å². The fourth-order valence-corrected chi connectivity index (χ4v) is 3.07. The van der Waals surface area contributed by atoms with Gasteiger partial charge in [-0.2, -0.15) is 0 Å². The largest absolute Gasteiger partial charge is 0.338 e. The minimum atomic E-state index is -0.600. The molecule has 1 N–H and O–H groups in total. The molecule has 2 rings (SSSR count). The highest BCUT2D eigenvalue weighted by molar-refractivity contribution is 6.21. The van der Waals surface area contributed by atoms with Crippen molar-refractivity contribution in [3.05, 3.63) is 39.4 Å². The molecule has 1 heterocycles. The number of fused-ring (bicyclic) bond motifs is 1. The van der Waals surface area contributed by atoms with Crippen molar-refractivity contribution in [3.63, 3.8) is 0 Å². The van der Waals surface area contributed by atoms with E-state index in [0.29, 0.717) is 26.1 Å². The third-order valence-corrected chi connectivity index (χ3v) is 4.56. The number of non-ortho nitro benzene ring substituents is 1. The van der Waals surface area contributed by atoms with E-state index in [1.807, 2.05) is 6.92 Å². The number of hydrogen-bond donors (Lipinski definition) is 1. The molecule has 1 aliphatic heterocycles. The van der Waals surface area contributed by atoms with Crippen LogP contribution in [0.1, 0.15) is 60.2 Å². The van der Waals surface area contributed by atoms with Gasteiger partial charge in [0.1, 0.15) is 0 Å². The maximum Gasteiger partial charge on any atom is 0.317 e. The number of carbonyl (C=O) groups is 3. The number of urea groups is 1. The zero-order valence-electron chi connectivity index (χ0n) is 16.3. The van der Waals surface area contributed by atoms with Gasteiger partial charge in [-0.1, -0.05) is 20.3 Å². The van der Waals surface area contributed by atoms with Gasteiger partial charge in [0.25, 0.3) is 17.5 Å². The summed E-state index contributed by atoms with van der Waals surface area (Å²) in [5.41, 5.74) is 0.00218. The van der Waals surface area contributed by atoms with E-state index in [1.54, 1.807) is 4.90 Å². The third kappa shape index (κ3) is 4.85. The van der Waals surface area contributed by atoms with E-state index in [4.69, 9.17) is 0 Å². The highest BCUT2D eigenvalue weighted by Gasteiger charge is 2.36. The van der Waals surface area contributed by atoms with Crippen LogP contribution in [0.3, 0.4) is 0 Å². The van der Waals surface area contributed by atoms with E-state index < -0.39 is 16.7 Å². The minimum Gasteiger partial charge on any atom is -0.338 e. The smallest absolute Gasteiger partial charge is 0.317 e. The second-order valence-electron chi connectivity index (χ2n) is 6.68. The molecule has 0 saturated carbocycles. The number of imide groups is 1.